The lowest BCUT2D eigenvalue weighted by Gasteiger charge is -2.41. The number of benzene rings is 1. The molecule has 9 heteroatoms. The highest BCUT2D eigenvalue weighted by Gasteiger charge is 2.38. The summed E-state index contributed by atoms with van der Waals surface area (Å²) in [6.07, 6.45) is 3.33. The summed E-state index contributed by atoms with van der Waals surface area (Å²) < 4.78 is 12.4. The average molecular weight is 634 g/mol. The van der Waals surface area contributed by atoms with Gasteiger partial charge in [-0.15, -0.1) is 0 Å². The Balaban J connectivity index is 1.64. The third-order valence-corrected chi connectivity index (χ3v) is 8.97. The molecule has 1 aromatic carbocycles. The van der Waals surface area contributed by atoms with Crippen molar-refractivity contribution in [1.82, 2.24) is 15.0 Å². The Morgan fingerprint density at radius 3 is 2.33 bits per heavy atom. The predicted octanol–water partition coefficient (Wildman–Crippen LogP) is 7.81. The van der Waals surface area contributed by atoms with Crippen LogP contribution in [-0.2, 0) is 27.2 Å². The number of esters is 1. The fourth-order valence-corrected chi connectivity index (χ4v) is 6.58. The van der Waals surface area contributed by atoms with E-state index in [4.69, 9.17) is 26.1 Å². The van der Waals surface area contributed by atoms with Gasteiger partial charge in [-0.1, -0.05) is 43.6 Å². The van der Waals surface area contributed by atoms with Crippen molar-refractivity contribution < 1.29 is 14.3 Å². The third-order valence-electron chi connectivity index (χ3n) is 8.76. The molecule has 1 fully saturated rings. The van der Waals surface area contributed by atoms with Crippen LogP contribution in [0.15, 0.2) is 30.6 Å². The SMILES string of the molecule is Cc1nc(C)c(C(OC(C)(C)C)C(=O)OC(C)C)c(N2CCC(C)(C)CC2)c1-c1ccc2c(c1)CCN(c1cc(Cl)ncn1)C2. The van der Waals surface area contributed by atoms with Crippen molar-refractivity contribution in [1.29, 1.82) is 0 Å². The second-order valence-electron chi connectivity index (χ2n) is 14.5. The molecule has 0 aliphatic carbocycles. The van der Waals surface area contributed by atoms with E-state index in [1.807, 2.05) is 47.6 Å². The molecule has 1 saturated heterocycles. The number of fused-ring (bicyclic) bond motifs is 1. The maximum atomic E-state index is 13.8. The topological polar surface area (TPSA) is 80.7 Å². The molecule has 5 rings (SSSR count). The quantitative estimate of drug-likeness (QED) is 0.193. The van der Waals surface area contributed by atoms with Crippen molar-refractivity contribution in [2.45, 2.75) is 106 Å². The van der Waals surface area contributed by atoms with Gasteiger partial charge >= 0.3 is 5.97 Å². The second kappa shape index (κ2) is 12.9. The summed E-state index contributed by atoms with van der Waals surface area (Å²) in [5, 5.41) is 0.443. The molecule has 45 heavy (non-hydrogen) atoms. The number of pyridine rings is 1. The average Bonchev–Trinajstić information content (AvgIpc) is 2.94. The lowest BCUT2D eigenvalue weighted by atomic mass is 9.81. The van der Waals surface area contributed by atoms with E-state index < -0.39 is 11.7 Å². The van der Waals surface area contributed by atoms with E-state index >= 15 is 0 Å². The van der Waals surface area contributed by atoms with Gasteiger partial charge in [0, 0.05) is 54.8 Å². The van der Waals surface area contributed by atoms with Gasteiger partial charge in [0.1, 0.15) is 17.3 Å². The number of carbonyl (C=O) groups excluding carboxylic acids is 1. The fourth-order valence-electron chi connectivity index (χ4n) is 6.44. The molecule has 8 nitrogen and oxygen atoms in total. The van der Waals surface area contributed by atoms with Crippen molar-refractivity contribution in [3.63, 3.8) is 0 Å². The van der Waals surface area contributed by atoms with Crippen LogP contribution < -0.4 is 9.80 Å². The van der Waals surface area contributed by atoms with Crippen molar-refractivity contribution in [2.75, 3.05) is 29.4 Å². The summed E-state index contributed by atoms with van der Waals surface area (Å²) >= 11 is 6.16. The zero-order valence-corrected chi connectivity index (χ0v) is 29.1. The standard InChI is InChI=1S/C36H48ClN5O3/c1-22(2)44-34(43)33(45-35(5,6)7)31-24(4)40-23(3)30(32(31)41-16-13-36(8,9)14-17-41)26-10-11-27-20-42(15-12-25(27)18-26)29-19-28(37)38-21-39-29/h10-11,18-19,21-22,33H,12-17,20H2,1-9H3. The summed E-state index contributed by atoms with van der Waals surface area (Å²) in [4.78, 5) is 32.0. The first kappa shape index (κ1) is 33.1. The van der Waals surface area contributed by atoms with Gasteiger partial charge in [-0.2, -0.15) is 0 Å². The summed E-state index contributed by atoms with van der Waals surface area (Å²) in [7, 11) is 0. The van der Waals surface area contributed by atoms with Crippen LogP contribution in [0.2, 0.25) is 5.15 Å². The Bertz CT molecular complexity index is 1550. The van der Waals surface area contributed by atoms with Gasteiger partial charge in [-0.05, 0) is 89.8 Å². The van der Waals surface area contributed by atoms with Gasteiger partial charge in [0.05, 0.1) is 17.4 Å². The number of hydrogen-bond donors (Lipinski definition) is 0. The first-order valence-corrected chi connectivity index (χ1v) is 16.5. The minimum atomic E-state index is -0.907. The number of piperidine rings is 1. The van der Waals surface area contributed by atoms with Crippen LogP contribution >= 0.6 is 11.6 Å². The van der Waals surface area contributed by atoms with Crippen molar-refractivity contribution >= 4 is 29.1 Å². The molecular weight excluding hydrogens is 586 g/mol. The van der Waals surface area contributed by atoms with Gasteiger partial charge in [0.25, 0.3) is 0 Å². The summed E-state index contributed by atoms with van der Waals surface area (Å²) in [5.41, 5.74) is 7.99. The maximum Gasteiger partial charge on any atom is 0.340 e. The maximum absolute atomic E-state index is 13.8. The Morgan fingerprint density at radius 2 is 1.69 bits per heavy atom. The zero-order valence-electron chi connectivity index (χ0n) is 28.3. The molecule has 2 aliphatic heterocycles. The van der Waals surface area contributed by atoms with Gasteiger partial charge in [0.2, 0.25) is 0 Å². The number of ether oxygens (including phenoxy) is 2. The van der Waals surface area contributed by atoms with Crippen LogP contribution in [0.25, 0.3) is 11.1 Å². The van der Waals surface area contributed by atoms with Crippen LogP contribution in [0, 0.1) is 19.3 Å². The van der Waals surface area contributed by atoms with Crippen molar-refractivity contribution in [3.05, 3.63) is 63.8 Å². The van der Waals surface area contributed by atoms with E-state index in [0.717, 1.165) is 85.0 Å². The third kappa shape index (κ3) is 7.60. The highest BCUT2D eigenvalue weighted by molar-refractivity contribution is 6.29. The number of rotatable bonds is 7. The van der Waals surface area contributed by atoms with E-state index in [2.05, 4.69) is 58.7 Å². The van der Waals surface area contributed by atoms with E-state index in [-0.39, 0.29) is 17.5 Å². The molecular formula is C36H48ClN5O3. The lowest BCUT2D eigenvalue weighted by molar-refractivity contribution is -0.171. The Morgan fingerprint density at radius 1 is 0.978 bits per heavy atom. The number of aromatic nitrogens is 3. The van der Waals surface area contributed by atoms with Gasteiger partial charge in [-0.3, -0.25) is 4.98 Å². The molecule has 0 bridgehead atoms. The predicted molar refractivity (Wildman–Crippen MR) is 181 cm³/mol. The van der Waals surface area contributed by atoms with Gasteiger partial charge in [-0.25, -0.2) is 14.8 Å². The number of aryl methyl sites for hydroxylation is 2. The molecule has 0 saturated carbocycles. The summed E-state index contributed by atoms with van der Waals surface area (Å²) in [5.74, 6) is 0.454. The summed E-state index contributed by atoms with van der Waals surface area (Å²) in [6.45, 7) is 21.8. The molecule has 1 atom stereocenters. The van der Waals surface area contributed by atoms with E-state index in [9.17, 15) is 4.79 Å². The van der Waals surface area contributed by atoms with Crippen LogP contribution in [0.5, 0.6) is 0 Å². The highest BCUT2D eigenvalue weighted by atomic mass is 35.5. The monoisotopic (exact) mass is 633 g/mol. The number of nitrogens with zero attached hydrogens (tertiary/aromatic N) is 5. The van der Waals surface area contributed by atoms with E-state index in [1.165, 1.54) is 17.5 Å². The number of hydrogen-bond acceptors (Lipinski definition) is 8. The lowest BCUT2D eigenvalue weighted by Crippen LogP contribution is -2.39. The second-order valence-corrected chi connectivity index (χ2v) is 14.9. The zero-order chi connectivity index (χ0) is 32.7. The molecule has 2 aliphatic rings. The van der Waals surface area contributed by atoms with Crippen LogP contribution in [0.1, 0.15) is 95.5 Å². The Kier molecular flexibility index (Phi) is 9.48. The van der Waals surface area contributed by atoms with Gasteiger partial charge < -0.3 is 19.3 Å². The van der Waals surface area contributed by atoms with Crippen LogP contribution in [0.3, 0.4) is 0 Å². The molecule has 2 aromatic heterocycles. The Labute approximate surface area is 273 Å². The largest absolute Gasteiger partial charge is 0.461 e. The number of anilines is 2. The normalized spacial score (nSPS) is 17.3. The minimum Gasteiger partial charge on any atom is -0.461 e. The van der Waals surface area contributed by atoms with E-state index in [1.54, 1.807) is 0 Å². The first-order chi connectivity index (χ1) is 21.1. The first-order valence-electron chi connectivity index (χ1n) is 16.1. The minimum absolute atomic E-state index is 0.261. The van der Waals surface area contributed by atoms with Crippen LogP contribution in [0.4, 0.5) is 11.5 Å². The van der Waals surface area contributed by atoms with Gasteiger partial charge in [0.15, 0.2) is 6.10 Å². The highest BCUT2D eigenvalue weighted by Crippen LogP contribution is 2.45. The smallest absolute Gasteiger partial charge is 0.340 e. The van der Waals surface area contributed by atoms with Crippen molar-refractivity contribution in [2.24, 2.45) is 5.41 Å². The molecule has 1 unspecified atom stereocenters. The molecule has 0 spiro atoms. The number of halogens is 1. The molecule has 0 N–H and O–H groups in total. The Hall–Kier alpha value is -3.23. The molecule has 4 heterocycles. The van der Waals surface area contributed by atoms with E-state index in [0.29, 0.717) is 5.15 Å². The van der Waals surface area contributed by atoms with Crippen molar-refractivity contribution in [3.8, 4) is 11.1 Å². The molecule has 0 radical (unpaired) electrons. The fraction of sp³-hybridized carbons (Fsp3) is 0.556. The van der Waals surface area contributed by atoms with Crippen LogP contribution in [-0.4, -0.2) is 52.3 Å². The number of carbonyl (C=O) groups is 1. The molecule has 242 valence electrons. The molecule has 3 aromatic rings. The summed E-state index contributed by atoms with van der Waals surface area (Å²) in [6, 6.07) is 8.54. The molecule has 0 amide bonds.